The van der Waals surface area contributed by atoms with Gasteiger partial charge in [0.25, 0.3) is 0 Å². The lowest BCUT2D eigenvalue weighted by Gasteiger charge is -2.39. The van der Waals surface area contributed by atoms with Crippen LogP contribution in [0.25, 0.3) is 0 Å². The SMILES string of the molecule is CC(C)(C)OC(=O)C(C)(C)CN1CCN(c2cnccn2)CC1. The van der Waals surface area contributed by atoms with Gasteiger partial charge in [0, 0.05) is 45.1 Å². The van der Waals surface area contributed by atoms with Gasteiger partial charge in [-0.25, -0.2) is 4.98 Å². The van der Waals surface area contributed by atoms with E-state index in [1.807, 2.05) is 34.6 Å². The zero-order valence-corrected chi connectivity index (χ0v) is 14.9. The molecule has 1 aliphatic rings. The van der Waals surface area contributed by atoms with Crippen LogP contribution in [0, 0.1) is 5.41 Å². The van der Waals surface area contributed by atoms with Gasteiger partial charge in [-0.3, -0.25) is 14.7 Å². The number of anilines is 1. The molecule has 0 amide bonds. The molecule has 0 radical (unpaired) electrons. The molecule has 2 heterocycles. The number of rotatable bonds is 4. The summed E-state index contributed by atoms with van der Waals surface area (Å²) in [7, 11) is 0. The highest BCUT2D eigenvalue weighted by atomic mass is 16.6. The van der Waals surface area contributed by atoms with Crippen LogP contribution in [0.15, 0.2) is 18.6 Å². The van der Waals surface area contributed by atoms with Gasteiger partial charge in [0.15, 0.2) is 0 Å². The topological polar surface area (TPSA) is 58.6 Å². The average Bonchev–Trinajstić information content (AvgIpc) is 2.47. The van der Waals surface area contributed by atoms with Crippen molar-refractivity contribution in [2.75, 3.05) is 37.6 Å². The highest BCUT2D eigenvalue weighted by Gasteiger charge is 2.35. The van der Waals surface area contributed by atoms with Crippen molar-refractivity contribution in [3.63, 3.8) is 0 Å². The summed E-state index contributed by atoms with van der Waals surface area (Å²) in [5.74, 6) is 0.778. The van der Waals surface area contributed by atoms with Crippen LogP contribution in [0.4, 0.5) is 5.82 Å². The molecular formula is C17H28N4O2. The molecule has 1 aromatic heterocycles. The largest absolute Gasteiger partial charge is 0.460 e. The number of nitrogens with zero attached hydrogens (tertiary/aromatic N) is 4. The third-order valence-electron chi connectivity index (χ3n) is 3.82. The van der Waals surface area contributed by atoms with Crippen molar-refractivity contribution in [2.45, 2.75) is 40.2 Å². The number of ether oxygens (including phenoxy) is 1. The fourth-order valence-electron chi connectivity index (χ4n) is 2.63. The van der Waals surface area contributed by atoms with Crippen LogP contribution in [0.5, 0.6) is 0 Å². The van der Waals surface area contributed by atoms with Gasteiger partial charge in [0.1, 0.15) is 11.4 Å². The van der Waals surface area contributed by atoms with Gasteiger partial charge in [-0.2, -0.15) is 0 Å². The lowest BCUT2D eigenvalue weighted by molar-refractivity contribution is -0.166. The molecule has 0 saturated carbocycles. The fourth-order valence-corrected chi connectivity index (χ4v) is 2.63. The predicted molar refractivity (Wildman–Crippen MR) is 90.3 cm³/mol. The third-order valence-corrected chi connectivity index (χ3v) is 3.82. The summed E-state index contributed by atoms with van der Waals surface area (Å²) in [4.78, 5) is 25.4. The second kappa shape index (κ2) is 6.83. The lowest BCUT2D eigenvalue weighted by atomic mass is 9.92. The van der Waals surface area contributed by atoms with Crippen molar-refractivity contribution in [1.82, 2.24) is 14.9 Å². The maximum Gasteiger partial charge on any atom is 0.313 e. The van der Waals surface area contributed by atoms with E-state index in [4.69, 9.17) is 4.74 Å². The summed E-state index contributed by atoms with van der Waals surface area (Å²) in [5.41, 5.74) is -0.957. The van der Waals surface area contributed by atoms with Crippen LogP contribution < -0.4 is 4.90 Å². The number of carbonyl (C=O) groups excluding carboxylic acids is 1. The summed E-state index contributed by atoms with van der Waals surface area (Å²) in [5, 5.41) is 0. The van der Waals surface area contributed by atoms with E-state index >= 15 is 0 Å². The molecule has 0 bridgehead atoms. The normalized spacial score (nSPS) is 17.2. The molecule has 0 aliphatic carbocycles. The molecule has 0 spiro atoms. The molecule has 128 valence electrons. The summed E-state index contributed by atoms with van der Waals surface area (Å²) in [6.45, 7) is 13.9. The van der Waals surface area contributed by atoms with E-state index in [0.29, 0.717) is 6.54 Å². The van der Waals surface area contributed by atoms with Crippen molar-refractivity contribution in [3.05, 3.63) is 18.6 Å². The summed E-state index contributed by atoms with van der Waals surface area (Å²) in [6.07, 6.45) is 5.19. The van der Waals surface area contributed by atoms with Gasteiger partial charge in [-0.15, -0.1) is 0 Å². The van der Waals surface area contributed by atoms with Crippen LogP contribution >= 0.6 is 0 Å². The van der Waals surface area contributed by atoms with Crippen LogP contribution in [0.1, 0.15) is 34.6 Å². The van der Waals surface area contributed by atoms with Crippen molar-refractivity contribution in [3.8, 4) is 0 Å². The third kappa shape index (κ3) is 5.16. The van der Waals surface area contributed by atoms with Crippen LogP contribution in [0.3, 0.4) is 0 Å². The Morgan fingerprint density at radius 3 is 2.30 bits per heavy atom. The van der Waals surface area contributed by atoms with E-state index in [1.54, 1.807) is 18.6 Å². The second-order valence-corrected chi connectivity index (χ2v) is 7.71. The molecule has 1 aliphatic heterocycles. The van der Waals surface area contributed by atoms with Crippen molar-refractivity contribution in [1.29, 1.82) is 0 Å². The number of aromatic nitrogens is 2. The van der Waals surface area contributed by atoms with Crippen molar-refractivity contribution in [2.24, 2.45) is 5.41 Å². The molecule has 1 aromatic rings. The first-order valence-electron chi connectivity index (χ1n) is 8.14. The molecule has 0 aromatic carbocycles. The first-order chi connectivity index (χ1) is 10.7. The van der Waals surface area contributed by atoms with Crippen LogP contribution in [0.2, 0.25) is 0 Å². The molecule has 1 saturated heterocycles. The van der Waals surface area contributed by atoms with Crippen molar-refractivity contribution >= 4 is 11.8 Å². The maximum absolute atomic E-state index is 12.4. The quantitative estimate of drug-likeness (QED) is 0.791. The smallest absolute Gasteiger partial charge is 0.313 e. The summed E-state index contributed by atoms with van der Waals surface area (Å²) >= 11 is 0. The highest BCUT2D eigenvalue weighted by molar-refractivity contribution is 5.76. The van der Waals surface area contributed by atoms with Crippen LogP contribution in [-0.2, 0) is 9.53 Å². The minimum atomic E-state index is -0.512. The minimum Gasteiger partial charge on any atom is -0.460 e. The Labute approximate surface area is 138 Å². The number of hydrogen-bond acceptors (Lipinski definition) is 6. The van der Waals surface area contributed by atoms with Gasteiger partial charge in [-0.05, 0) is 34.6 Å². The monoisotopic (exact) mass is 320 g/mol. The number of esters is 1. The first-order valence-corrected chi connectivity index (χ1v) is 8.14. The van der Waals surface area contributed by atoms with Gasteiger partial charge < -0.3 is 9.64 Å². The Balaban J connectivity index is 1.87. The van der Waals surface area contributed by atoms with Crippen molar-refractivity contribution < 1.29 is 9.53 Å². The Bertz CT molecular complexity index is 517. The Kier molecular flexibility index (Phi) is 5.24. The number of hydrogen-bond donors (Lipinski definition) is 0. The molecule has 0 unspecified atom stereocenters. The highest BCUT2D eigenvalue weighted by Crippen LogP contribution is 2.24. The standard InChI is InChI=1S/C17H28N4O2/c1-16(2,3)23-15(22)17(4,5)13-20-8-10-21(11-9-20)14-12-18-6-7-19-14/h6-7,12H,8-11,13H2,1-5H3. The average molecular weight is 320 g/mol. The molecule has 6 heteroatoms. The van der Waals surface area contributed by atoms with E-state index in [2.05, 4.69) is 19.8 Å². The Morgan fingerprint density at radius 2 is 1.78 bits per heavy atom. The molecule has 2 rings (SSSR count). The van der Waals surface area contributed by atoms with Gasteiger partial charge in [0.05, 0.1) is 11.6 Å². The molecular weight excluding hydrogens is 292 g/mol. The Morgan fingerprint density at radius 1 is 1.13 bits per heavy atom. The molecule has 6 nitrogen and oxygen atoms in total. The first kappa shape index (κ1) is 17.7. The molecule has 23 heavy (non-hydrogen) atoms. The maximum atomic E-state index is 12.4. The number of piperazine rings is 1. The summed E-state index contributed by atoms with van der Waals surface area (Å²) < 4.78 is 5.54. The minimum absolute atomic E-state index is 0.138. The zero-order chi connectivity index (χ0) is 17.1. The van der Waals surface area contributed by atoms with Gasteiger partial charge >= 0.3 is 5.97 Å². The van der Waals surface area contributed by atoms with Crippen LogP contribution in [-0.4, -0.2) is 59.2 Å². The molecule has 0 atom stereocenters. The predicted octanol–water partition coefficient (Wildman–Crippen LogP) is 1.97. The van der Waals surface area contributed by atoms with Gasteiger partial charge in [-0.1, -0.05) is 0 Å². The van der Waals surface area contributed by atoms with E-state index in [-0.39, 0.29) is 5.97 Å². The van der Waals surface area contributed by atoms with Gasteiger partial charge in [0.2, 0.25) is 0 Å². The zero-order valence-electron chi connectivity index (χ0n) is 14.9. The fraction of sp³-hybridized carbons (Fsp3) is 0.706. The summed E-state index contributed by atoms with van der Waals surface area (Å²) in [6, 6.07) is 0. The lowest BCUT2D eigenvalue weighted by Crippen LogP contribution is -2.51. The second-order valence-electron chi connectivity index (χ2n) is 7.71. The molecule has 0 N–H and O–H groups in total. The Hall–Kier alpha value is -1.69. The van der Waals surface area contributed by atoms with E-state index < -0.39 is 11.0 Å². The molecule has 1 fully saturated rings. The van der Waals surface area contributed by atoms with E-state index in [9.17, 15) is 4.79 Å². The van der Waals surface area contributed by atoms with E-state index in [0.717, 1.165) is 32.0 Å². The number of carbonyl (C=O) groups is 1. The van der Waals surface area contributed by atoms with E-state index in [1.165, 1.54) is 0 Å².